The minimum atomic E-state index is -0.292. The molecule has 0 unspecified atom stereocenters. The molecule has 0 amide bonds. The van der Waals surface area contributed by atoms with Crippen LogP contribution in [0, 0.1) is 0 Å². The summed E-state index contributed by atoms with van der Waals surface area (Å²) in [6.07, 6.45) is 0.481. The largest absolute Gasteiger partial charge is 0.389 e. The molecule has 0 aromatic carbocycles. The van der Waals surface area contributed by atoms with Gasteiger partial charge in [0, 0.05) is 0 Å². The van der Waals surface area contributed by atoms with Gasteiger partial charge in [-0.05, 0) is 13.3 Å². The van der Waals surface area contributed by atoms with E-state index in [1.54, 1.807) is 0 Å². The molecule has 0 rings (SSSR count). The minimum Gasteiger partial charge on any atom is -0.389 e. The number of rotatable bonds is 2. The summed E-state index contributed by atoms with van der Waals surface area (Å²) < 4.78 is 0. The Morgan fingerprint density at radius 3 is 2.29 bits per heavy atom. The van der Waals surface area contributed by atoms with Crippen molar-refractivity contribution in [3.05, 3.63) is 12.2 Å². The van der Waals surface area contributed by atoms with Crippen LogP contribution >= 0.6 is 0 Å². The highest BCUT2D eigenvalue weighted by Gasteiger charge is 1.96. The first-order valence-electron chi connectivity index (χ1n) is 2.52. The van der Waals surface area contributed by atoms with Gasteiger partial charge in [-0.2, -0.15) is 0 Å². The summed E-state index contributed by atoms with van der Waals surface area (Å²) in [7, 11) is 0. The molecule has 0 aromatic rings. The number of hydrogen-bond acceptors (Lipinski definition) is 1. The molecule has 0 saturated carbocycles. The van der Waals surface area contributed by atoms with E-state index in [9.17, 15) is 0 Å². The topological polar surface area (TPSA) is 20.2 Å². The standard InChI is InChI=1S/C6H12O/c1-4-6(7)5(2)3/h6-7H,2,4H2,1,3H3/t6-/m1/s1. The lowest BCUT2D eigenvalue weighted by Crippen LogP contribution is -2.03. The average molecular weight is 100 g/mol. The van der Waals surface area contributed by atoms with Gasteiger partial charge in [0.05, 0.1) is 6.10 Å². The van der Waals surface area contributed by atoms with Crippen LogP contribution in [-0.4, -0.2) is 11.2 Å². The summed E-state index contributed by atoms with van der Waals surface area (Å²) in [5.74, 6) is 0. The SMILES string of the molecule is C=C(C)[C@H](O)CC. The van der Waals surface area contributed by atoms with Gasteiger partial charge in [-0.3, -0.25) is 0 Å². The Labute approximate surface area is 44.7 Å². The Kier molecular flexibility index (Phi) is 2.68. The summed E-state index contributed by atoms with van der Waals surface area (Å²) in [6, 6.07) is 0. The number of aliphatic hydroxyl groups is 1. The molecule has 7 heavy (non-hydrogen) atoms. The van der Waals surface area contributed by atoms with Gasteiger partial charge >= 0.3 is 0 Å². The van der Waals surface area contributed by atoms with E-state index in [0.29, 0.717) is 0 Å². The quantitative estimate of drug-likeness (QED) is 0.519. The third kappa shape index (κ3) is 2.40. The number of hydrogen-bond donors (Lipinski definition) is 1. The second kappa shape index (κ2) is 2.80. The van der Waals surface area contributed by atoms with Crippen molar-refractivity contribution in [2.75, 3.05) is 0 Å². The van der Waals surface area contributed by atoms with Crippen LogP contribution in [0.4, 0.5) is 0 Å². The third-order valence-corrected chi connectivity index (χ3v) is 0.956. The summed E-state index contributed by atoms with van der Waals surface area (Å²) >= 11 is 0. The second-order valence-electron chi connectivity index (χ2n) is 1.77. The zero-order valence-corrected chi connectivity index (χ0v) is 4.94. The van der Waals surface area contributed by atoms with E-state index in [1.807, 2.05) is 13.8 Å². The van der Waals surface area contributed by atoms with Crippen LogP contribution in [0.3, 0.4) is 0 Å². The third-order valence-electron chi connectivity index (χ3n) is 0.956. The Morgan fingerprint density at radius 2 is 2.29 bits per heavy atom. The molecular weight excluding hydrogens is 88.1 g/mol. The van der Waals surface area contributed by atoms with Gasteiger partial charge in [-0.15, -0.1) is 0 Å². The fraction of sp³-hybridized carbons (Fsp3) is 0.667. The van der Waals surface area contributed by atoms with Gasteiger partial charge in [-0.1, -0.05) is 19.1 Å². The fourth-order valence-corrected chi connectivity index (χ4v) is 0.348. The first-order valence-corrected chi connectivity index (χ1v) is 2.52. The molecule has 0 bridgehead atoms. The molecule has 1 N–H and O–H groups in total. The monoisotopic (exact) mass is 100 g/mol. The minimum absolute atomic E-state index is 0.292. The summed E-state index contributed by atoms with van der Waals surface area (Å²) in [5.41, 5.74) is 0.850. The van der Waals surface area contributed by atoms with E-state index in [-0.39, 0.29) is 6.10 Å². The van der Waals surface area contributed by atoms with Crippen molar-refractivity contribution < 1.29 is 5.11 Å². The van der Waals surface area contributed by atoms with E-state index in [4.69, 9.17) is 5.11 Å². The van der Waals surface area contributed by atoms with Crippen molar-refractivity contribution in [3.8, 4) is 0 Å². The predicted octanol–water partition coefficient (Wildman–Crippen LogP) is 1.33. The number of aliphatic hydroxyl groups excluding tert-OH is 1. The van der Waals surface area contributed by atoms with Crippen LogP contribution in [0.15, 0.2) is 12.2 Å². The molecule has 1 nitrogen and oxygen atoms in total. The van der Waals surface area contributed by atoms with Gasteiger partial charge in [0.25, 0.3) is 0 Å². The molecule has 0 aliphatic heterocycles. The van der Waals surface area contributed by atoms with Crippen molar-refractivity contribution in [3.63, 3.8) is 0 Å². The van der Waals surface area contributed by atoms with Crippen molar-refractivity contribution in [2.45, 2.75) is 26.4 Å². The lowest BCUT2D eigenvalue weighted by molar-refractivity contribution is 0.207. The molecule has 1 atom stereocenters. The molecule has 0 fully saturated rings. The van der Waals surface area contributed by atoms with Crippen molar-refractivity contribution in [2.24, 2.45) is 0 Å². The zero-order chi connectivity index (χ0) is 5.86. The van der Waals surface area contributed by atoms with E-state index in [0.717, 1.165) is 12.0 Å². The van der Waals surface area contributed by atoms with Gasteiger partial charge in [0.15, 0.2) is 0 Å². The van der Waals surface area contributed by atoms with Crippen molar-refractivity contribution >= 4 is 0 Å². The Hall–Kier alpha value is -0.300. The lowest BCUT2D eigenvalue weighted by atomic mass is 10.1. The summed E-state index contributed by atoms with van der Waals surface area (Å²) in [4.78, 5) is 0. The first-order chi connectivity index (χ1) is 3.18. The van der Waals surface area contributed by atoms with Gasteiger partial charge < -0.3 is 5.11 Å². The van der Waals surface area contributed by atoms with Crippen LogP contribution in [-0.2, 0) is 0 Å². The molecule has 0 heterocycles. The Bertz CT molecular complexity index is 66.6. The normalized spacial score (nSPS) is 13.6. The van der Waals surface area contributed by atoms with Crippen LogP contribution in [0.1, 0.15) is 20.3 Å². The maximum absolute atomic E-state index is 8.84. The highest BCUT2D eigenvalue weighted by molar-refractivity contribution is 4.95. The molecule has 1 heteroatoms. The van der Waals surface area contributed by atoms with Crippen molar-refractivity contribution in [1.29, 1.82) is 0 Å². The van der Waals surface area contributed by atoms with Gasteiger partial charge in [-0.25, -0.2) is 0 Å². The molecule has 0 aliphatic rings. The molecular formula is C6H12O. The van der Waals surface area contributed by atoms with Gasteiger partial charge in [0.2, 0.25) is 0 Å². The van der Waals surface area contributed by atoms with E-state index in [1.165, 1.54) is 0 Å². The Balaban J connectivity index is 3.34. The zero-order valence-electron chi connectivity index (χ0n) is 4.94. The van der Waals surface area contributed by atoms with E-state index < -0.39 is 0 Å². The highest BCUT2D eigenvalue weighted by Crippen LogP contribution is 1.99. The van der Waals surface area contributed by atoms with Crippen LogP contribution in [0.5, 0.6) is 0 Å². The molecule has 0 aromatic heterocycles. The molecule has 0 radical (unpaired) electrons. The van der Waals surface area contributed by atoms with Gasteiger partial charge in [0.1, 0.15) is 0 Å². The smallest absolute Gasteiger partial charge is 0.0742 e. The Morgan fingerprint density at radius 1 is 1.86 bits per heavy atom. The molecule has 0 saturated heterocycles. The maximum atomic E-state index is 8.84. The first kappa shape index (κ1) is 6.70. The fourth-order valence-electron chi connectivity index (χ4n) is 0.348. The predicted molar refractivity (Wildman–Crippen MR) is 31.1 cm³/mol. The van der Waals surface area contributed by atoms with Crippen molar-refractivity contribution in [1.82, 2.24) is 0 Å². The highest BCUT2D eigenvalue weighted by atomic mass is 16.3. The molecule has 42 valence electrons. The van der Waals surface area contributed by atoms with Crippen LogP contribution in [0.25, 0.3) is 0 Å². The summed E-state index contributed by atoms with van der Waals surface area (Å²) in [5, 5.41) is 8.84. The van der Waals surface area contributed by atoms with Crippen LogP contribution < -0.4 is 0 Å². The second-order valence-corrected chi connectivity index (χ2v) is 1.77. The maximum Gasteiger partial charge on any atom is 0.0742 e. The molecule has 0 aliphatic carbocycles. The summed E-state index contributed by atoms with van der Waals surface area (Å²) in [6.45, 7) is 7.33. The van der Waals surface area contributed by atoms with E-state index in [2.05, 4.69) is 6.58 Å². The molecule has 0 spiro atoms. The van der Waals surface area contributed by atoms with Crippen LogP contribution in [0.2, 0.25) is 0 Å². The average Bonchev–Trinajstić information content (AvgIpc) is 1.65. The lowest BCUT2D eigenvalue weighted by Gasteiger charge is -2.03. The van der Waals surface area contributed by atoms with E-state index >= 15 is 0 Å².